The highest BCUT2D eigenvalue weighted by molar-refractivity contribution is 7.12. The van der Waals surface area contributed by atoms with Gasteiger partial charge in [-0.05, 0) is 56.7 Å². The fraction of sp³-hybridized carbons (Fsp3) is 0.312. The fourth-order valence-corrected chi connectivity index (χ4v) is 2.98. The van der Waals surface area contributed by atoms with E-state index in [1.165, 1.54) is 23.5 Å². The zero-order valence-electron chi connectivity index (χ0n) is 12.3. The third-order valence-electron chi connectivity index (χ3n) is 2.92. The molecule has 0 saturated carbocycles. The molecule has 5 heteroatoms. The third-order valence-corrected chi connectivity index (χ3v) is 3.99. The molecule has 0 aliphatic heterocycles. The normalized spacial score (nSPS) is 12.0. The maximum absolute atomic E-state index is 13.5. The summed E-state index contributed by atoms with van der Waals surface area (Å²) < 4.78 is 18.6. The first-order valence-electron chi connectivity index (χ1n) is 6.76. The van der Waals surface area contributed by atoms with E-state index in [1.54, 1.807) is 13.0 Å². The van der Waals surface area contributed by atoms with Crippen molar-refractivity contribution < 1.29 is 13.9 Å². The van der Waals surface area contributed by atoms with E-state index in [9.17, 15) is 9.18 Å². The zero-order valence-corrected chi connectivity index (χ0v) is 13.1. The summed E-state index contributed by atoms with van der Waals surface area (Å²) in [6.45, 7) is 5.86. The number of aryl methyl sites for hydroxylation is 2. The number of benzene rings is 1. The van der Waals surface area contributed by atoms with E-state index in [2.05, 4.69) is 5.32 Å². The van der Waals surface area contributed by atoms with Gasteiger partial charge in [-0.2, -0.15) is 0 Å². The highest BCUT2D eigenvalue weighted by atomic mass is 32.1. The van der Waals surface area contributed by atoms with Crippen molar-refractivity contribution in [1.29, 1.82) is 0 Å². The lowest BCUT2D eigenvalue weighted by Gasteiger charge is -2.17. The summed E-state index contributed by atoms with van der Waals surface area (Å²) in [6.07, 6.45) is 0. The molecule has 3 nitrogen and oxygen atoms in total. The molecule has 1 aromatic heterocycles. The van der Waals surface area contributed by atoms with Crippen LogP contribution in [0.5, 0.6) is 0 Å². The van der Waals surface area contributed by atoms with E-state index in [-0.39, 0.29) is 11.8 Å². The van der Waals surface area contributed by atoms with E-state index in [4.69, 9.17) is 4.74 Å². The van der Waals surface area contributed by atoms with Crippen molar-refractivity contribution in [2.45, 2.75) is 26.8 Å². The topological polar surface area (TPSA) is 38.3 Å². The van der Waals surface area contributed by atoms with Crippen molar-refractivity contribution in [3.8, 4) is 0 Å². The smallest absolute Gasteiger partial charge is 0.334 e. The minimum Gasteiger partial charge on any atom is -0.464 e. The van der Waals surface area contributed by atoms with E-state index in [0.717, 1.165) is 15.3 Å². The summed E-state index contributed by atoms with van der Waals surface area (Å²) in [5, 5.41) is 3.07. The number of esters is 1. The second kappa shape index (κ2) is 6.72. The number of rotatable bonds is 5. The molecule has 0 saturated heterocycles. The number of ether oxygens (including phenoxy) is 1. The van der Waals surface area contributed by atoms with E-state index in [0.29, 0.717) is 12.3 Å². The molecule has 21 heavy (non-hydrogen) atoms. The molecule has 0 aliphatic rings. The number of carbonyl (C=O) groups is 1. The standard InChI is InChI=1S/C16H18FNO2S/c1-4-20-16(19)15(14-6-5-11(3)21-14)18-13-8-10(2)7-12(17)9-13/h5-9,15,18H,4H2,1-3H3. The number of carbonyl (C=O) groups excluding carboxylic acids is 1. The Morgan fingerprint density at radius 3 is 2.67 bits per heavy atom. The molecule has 0 radical (unpaired) electrons. The second-order valence-electron chi connectivity index (χ2n) is 4.80. The Morgan fingerprint density at radius 2 is 2.10 bits per heavy atom. The molecule has 0 bridgehead atoms. The van der Waals surface area contributed by atoms with Gasteiger partial charge in [0.2, 0.25) is 0 Å². The molecule has 1 N–H and O–H groups in total. The van der Waals surface area contributed by atoms with E-state index < -0.39 is 6.04 Å². The van der Waals surface area contributed by atoms with Gasteiger partial charge >= 0.3 is 5.97 Å². The number of hydrogen-bond donors (Lipinski definition) is 1. The Kier molecular flexibility index (Phi) is 4.96. The highest BCUT2D eigenvalue weighted by Gasteiger charge is 2.23. The van der Waals surface area contributed by atoms with Crippen LogP contribution in [0.25, 0.3) is 0 Å². The summed E-state index contributed by atoms with van der Waals surface area (Å²) in [4.78, 5) is 14.1. The molecule has 1 heterocycles. The Bertz CT molecular complexity index is 619. The van der Waals surface area contributed by atoms with Crippen molar-refractivity contribution in [3.05, 3.63) is 51.5 Å². The van der Waals surface area contributed by atoms with Crippen LogP contribution in [0.4, 0.5) is 10.1 Å². The zero-order chi connectivity index (χ0) is 15.4. The fourth-order valence-electron chi connectivity index (χ4n) is 2.07. The maximum atomic E-state index is 13.5. The quantitative estimate of drug-likeness (QED) is 0.841. The number of hydrogen-bond acceptors (Lipinski definition) is 4. The van der Waals surface area contributed by atoms with Gasteiger partial charge in [0.25, 0.3) is 0 Å². The summed E-state index contributed by atoms with van der Waals surface area (Å²) in [7, 11) is 0. The van der Waals surface area contributed by atoms with Crippen LogP contribution < -0.4 is 5.32 Å². The van der Waals surface area contributed by atoms with Gasteiger partial charge in [-0.25, -0.2) is 9.18 Å². The number of thiophene rings is 1. The SMILES string of the molecule is CCOC(=O)C(Nc1cc(C)cc(F)c1)c1ccc(C)s1. The van der Waals surface area contributed by atoms with Crippen molar-refractivity contribution in [2.75, 3.05) is 11.9 Å². The first-order chi connectivity index (χ1) is 9.99. The minimum atomic E-state index is -0.621. The van der Waals surface area contributed by atoms with Crippen molar-refractivity contribution in [3.63, 3.8) is 0 Å². The highest BCUT2D eigenvalue weighted by Crippen LogP contribution is 2.28. The summed E-state index contributed by atoms with van der Waals surface area (Å²) in [5.74, 6) is -0.691. The average Bonchev–Trinajstić information content (AvgIpc) is 2.81. The molecular formula is C16H18FNO2S. The molecule has 1 unspecified atom stereocenters. The molecule has 0 amide bonds. The molecular weight excluding hydrogens is 289 g/mol. The van der Waals surface area contributed by atoms with Crippen LogP contribution in [0.2, 0.25) is 0 Å². The van der Waals surface area contributed by atoms with Crippen LogP contribution in [-0.4, -0.2) is 12.6 Å². The molecule has 0 spiro atoms. The molecule has 1 aromatic carbocycles. The number of nitrogens with one attached hydrogen (secondary N) is 1. The van der Waals surface area contributed by atoms with Gasteiger partial charge in [-0.3, -0.25) is 0 Å². The molecule has 112 valence electrons. The molecule has 2 aromatic rings. The Hall–Kier alpha value is -1.88. The third kappa shape index (κ3) is 4.04. The second-order valence-corrected chi connectivity index (χ2v) is 6.11. The van der Waals surface area contributed by atoms with Crippen LogP contribution in [-0.2, 0) is 9.53 Å². The van der Waals surface area contributed by atoms with Crippen LogP contribution >= 0.6 is 11.3 Å². The van der Waals surface area contributed by atoms with Crippen molar-refractivity contribution >= 4 is 23.0 Å². The number of halogens is 1. The largest absolute Gasteiger partial charge is 0.464 e. The van der Waals surface area contributed by atoms with Gasteiger partial charge in [-0.1, -0.05) is 0 Å². The Morgan fingerprint density at radius 1 is 1.33 bits per heavy atom. The minimum absolute atomic E-state index is 0.309. The van der Waals surface area contributed by atoms with E-state index in [1.807, 2.05) is 26.0 Å². The molecule has 0 aliphatic carbocycles. The predicted molar refractivity (Wildman–Crippen MR) is 83.2 cm³/mol. The Labute approximate surface area is 127 Å². The lowest BCUT2D eigenvalue weighted by Crippen LogP contribution is -2.22. The lowest BCUT2D eigenvalue weighted by molar-refractivity contribution is -0.144. The van der Waals surface area contributed by atoms with Gasteiger partial charge in [0, 0.05) is 15.4 Å². The summed E-state index contributed by atoms with van der Waals surface area (Å²) in [6, 6.07) is 7.84. The van der Waals surface area contributed by atoms with Crippen molar-refractivity contribution in [1.82, 2.24) is 0 Å². The first-order valence-corrected chi connectivity index (χ1v) is 7.58. The van der Waals surface area contributed by atoms with Crippen LogP contribution in [0.1, 0.15) is 28.3 Å². The molecule has 1 atom stereocenters. The van der Waals surface area contributed by atoms with E-state index >= 15 is 0 Å². The number of anilines is 1. The van der Waals surface area contributed by atoms with Gasteiger partial charge in [0.05, 0.1) is 6.61 Å². The van der Waals surface area contributed by atoms with Crippen LogP contribution in [0.3, 0.4) is 0 Å². The maximum Gasteiger partial charge on any atom is 0.334 e. The van der Waals surface area contributed by atoms with Gasteiger partial charge in [0.1, 0.15) is 5.82 Å². The first kappa shape index (κ1) is 15.5. The molecule has 0 fully saturated rings. The lowest BCUT2D eigenvalue weighted by atomic mass is 10.1. The average molecular weight is 307 g/mol. The van der Waals surface area contributed by atoms with Crippen molar-refractivity contribution in [2.24, 2.45) is 0 Å². The monoisotopic (exact) mass is 307 g/mol. The van der Waals surface area contributed by atoms with Gasteiger partial charge < -0.3 is 10.1 Å². The molecule has 2 rings (SSSR count). The predicted octanol–water partition coefficient (Wildman–Crippen LogP) is 4.22. The van der Waals surface area contributed by atoms with Crippen LogP contribution in [0, 0.1) is 19.7 Å². The van der Waals surface area contributed by atoms with Crippen LogP contribution in [0.15, 0.2) is 30.3 Å². The summed E-state index contributed by atoms with van der Waals surface area (Å²) >= 11 is 1.52. The van der Waals surface area contributed by atoms with Gasteiger partial charge in [0.15, 0.2) is 6.04 Å². The summed E-state index contributed by atoms with van der Waals surface area (Å²) in [5.41, 5.74) is 1.36. The van der Waals surface area contributed by atoms with Gasteiger partial charge in [-0.15, -0.1) is 11.3 Å². The Balaban J connectivity index is 2.29.